The molecule has 0 bridgehead atoms. The summed E-state index contributed by atoms with van der Waals surface area (Å²) >= 11 is 0. The molecular formula is C14H20N2O3. The Morgan fingerprint density at radius 1 is 1.16 bits per heavy atom. The van der Waals surface area contributed by atoms with Crippen LogP contribution in [-0.4, -0.2) is 25.0 Å². The van der Waals surface area contributed by atoms with Gasteiger partial charge in [0.1, 0.15) is 0 Å². The molecule has 0 spiro atoms. The van der Waals surface area contributed by atoms with Gasteiger partial charge in [-0.05, 0) is 32.0 Å². The topological polar surface area (TPSA) is 67.4 Å². The van der Waals surface area contributed by atoms with Gasteiger partial charge < -0.3 is 15.4 Å². The van der Waals surface area contributed by atoms with Crippen molar-refractivity contribution in [1.82, 2.24) is 0 Å². The summed E-state index contributed by atoms with van der Waals surface area (Å²) in [7, 11) is 0. The summed E-state index contributed by atoms with van der Waals surface area (Å²) in [5, 5.41) is 5.91. The number of carbonyl (C=O) groups is 2. The van der Waals surface area contributed by atoms with Gasteiger partial charge in [0.15, 0.2) is 0 Å². The number of nitrogens with one attached hydrogen (secondary N) is 2. The van der Waals surface area contributed by atoms with Crippen LogP contribution in [0.1, 0.15) is 37.6 Å². The van der Waals surface area contributed by atoms with Gasteiger partial charge in [0.2, 0.25) is 5.91 Å². The van der Waals surface area contributed by atoms with Gasteiger partial charge in [-0.25, -0.2) is 4.79 Å². The maximum Gasteiger partial charge on any atom is 0.338 e. The van der Waals surface area contributed by atoms with Crippen molar-refractivity contribution in [1.29, 1.82) is 0 Å². The second-order valence-corrected chi connectivity index (χ2v) is 3.91. The van der Waals surface area contributed by atoms with Crippen molar-refractivity contribution in [3.05, 3.63) is 23.8 Å². The van der Waals surface area contributed by atoms with Crippen molar-refractivity contribution in [3.63, 3.8) is 0 Å². The Labute approximate surface area is 113 Å². The molecule has 0 fully saturated rings. The molecule has 5 heteroatoms. The minimum absolute atomic E-state index is 0.0971. The smallest absolute Gasteiger partial charge is 0.338 e. The average molecular weight is 264 g/mol. The highest BCUT2D eigenvalue weighted by Gasteiger charge is 2.11. The van der Waals surface area contributed by atoms with Crippen LogP contribution in [0.15, 0.2) is 18.2 Å². The molecule has 104 valence electrons. The number of hydrogen-bond acceptors (Lipinski definition) is 4. The van der Waals surface area contributed by atoms with Crippen LogP contribution >= 0.6 is 0 Å². The molecule has 1 amide bonds. The largest absolute Gasteiger partial charge is 0.462 e. The molecular weight excluding hydrogens is 244 g/mol. The minimum atomic E-state index is -0.391. The molecule has 0 saturated carbocycles. The zero-order valence-corrected chi connectivity index (χ0v) is 11.6. The normalized spacial score (nSPS) is 9.84. The number of carbonyl (C=O) groups excluding carboxylic acids is 2. The van der Waals surface area contributed by atoms with Gasteiger partial charge in [0.25, 0.3) is 0 Å². The predicted molar refractivity (Wildman–Crippen MR) is 75.5 cm³/mol. The fourth-order valence-electron chi connectivity index (χ4n) is 1.57. The van der Waals surface area contributed by atoms with Crippen LogP contribution in [0.4, 0.5) is 11.4 Å². The number of rotatable bonds is 6. The third-order valence-corrected chi connectivity index (χ3v) is 2.49. The van der Waals surface area contributed by atoms with Crippen LogP contribution < -0.4 is 10.6 Å². The van der Waals surface area contributed by atoms with Crippen molar-refractivity contribution < 1.29 is 14.3 Å². The van der Waals surface area contributed by atoms with Gasteiger partial charge in [-0.15, -0.1) is 0 Å². The van der Waals surface area contributed by atoms with Crippen molar-refractivity contribution in [2.75, 3.05) is 23.8 Å². The van der Waals surface area contributed by atoms with Crippen LogP contribution in [0.25, 0.3) is 0 Å². The highest BCUT2D eigenvalue weighted by Crippen LogP contribution is 2.24. The Kier molecular flexibility index (Phi) is 5.85. The van der Waals surface area contributed by atoms with Crippen molar-refractivity contribution in [3.8, 4) is 0 Å². The fourth-order valence-corrected chi connectivity index (χ4v) is 1.57. The van der Waals surface area contributed by atoms with Crippen molar-refractivity contribution in [2.45, 2.75) is 27.2 Å². The number of hydrogen-bond donors (Lipinski definition) is 2. The van der Waals surface area contributed by atoms with Gasteiger partial charge >= 0.3 is 5.97 Å². The van der Waals surface area contributed by atoms with Crippen LogP contribution in [0.3, 0.4) is 0 Å². The third-order valence-electron chi connectivity index (χ3n) is 2.49. The number of esters is 1. The average Bonchev–Trinajstić information content (AvgIpc) is 2.41. The molecule has 0 aliphatic heterocycles. The Balaban J connectivity index is 3.03. The lowest BCUT2D eigenvalue weighted by Gasteiger charge is -2.13. The lowest BCUT2D eigenvalue weighted by Crippen LogP contribution is -2.13. The zero-order valence-electron chi connectivity index (χ0n) is 11.6. The minimum Gasteiger partial charge on any atom is -0.462 e. The Bertz CT molecular complexity index is 458. The molecule has 5 nitrogen and oxygen atoms in total. The van der Waals surface area contributed by atoms with Crippen LogP contribution in [0.5, 0.6) is 0 Å². The van der Waals surface area contributed by atoms with Crippen LogP contribution in [0, 0.1) is 0 Å². The SMILES string of the molecule is CCNc1ccc(C(=O)OCC)cc1NC(=O)CC. The van der Waals surface area contributed by atoms with E-state index in [1.54, 1.807) is 32.0 Å². The first-order valence-corrected chi connectivity index (χ1v) is 6.47. The maximum atomic E-state index is 11.7. The molecule has 2 N–H and O–H groups in total. The maximum absolute atomic E-state index is 11.7. The first-order valence-electron chi connectivity index (χ1n) is 6.47. The van der Waals surface area contributed by atoms with E-state index < -0.39 is 5.97 Å². The van der Waals surface area contributed by atoms with Crippen LogP contribution in [0.2, 0.25) is 0 Å². The summed E-state index contributed by atoms with van der Waals surface area (Å²) in [4.78, 5) is 23.2. The van der Waals surface area contributed by atoms with Gasteiger partial charge in [0, 0.05) is 13.0 Å². The number of benzene rings is 1. The number of ether oxygens (including phenoxy) is 1. The summed E-state index contributed by atoms with van der Waals surface area (Å²) in [6.45, 7) is 6.55. The zero-order chi connectivity index (χ0) is 14.3. The molecule has 0 aliphatic rings. The molecule has 1 aromatic carbocycles. The van der Waals surface area contributed by atoms with E-state index in [1.165, 1.54) is 0 Å². The first kappa shape index (κ1) is 15.0. The molecule has 1 rings (SSSR count). The standard InChI is InChI=1S/C14H20N2O3/c1-4-13(17)16-12-9-10(14(18)19-6-3)7-8-11(12)15-5-2/h7-9,15H,4-6H2,1-3H3,(H,16,17). The van der Waals surface area contributed by atoms with E-state index in [-0.39, 0.29) is 5.91 Å². The van der Waals surface area contributed by atoms with Crippen LogP contribution in [-0.2, 0) is 9.53 Å². The van der Waals surface area contributed by atoms with Gasteiger partial charge in [-0.3, -0.25) is 4.79 Å². The second kappa shape index (κ2) is 7.41. The summed E-state index contributed by atoms with van der Waals surface area (Å²) < 4.78 is 4.94. The van der Waals surface area contributed by atoms with E-state index in [1.807, 2.05) is 6.92 Å². The van der Waals surface area contributed by atoms with E-state index in [2.05, 4.69) is 10.6 Å². The third kappa shape index (κ3) is 4.28. The Morgan fingerprint density at radius 3 is 2.47 bits per heavy atom. The lowest BCUT2D eigenvalue weighted by molar-refractivity contribution is -0.115. The van der Waals surface area contributed by atoms with E-state index in [0.717, 1.165) is 12.2 Å². The molecule has 0 aliphatic carbocycles. The van der Waals surface area contributed by atoms with Gasteiger partial charge in [-0.2, -0.15) is 0 Å². The van der Waals surface area contributed by atoms with Crippen molar-refractivity contribution in [2.24, 2.45) is 0 Å². The molecule has 19 heavy (non-hydrogen) atoms. The predicted octanol–water partition coefficient (Wildman–Crippen LogP) is 2.64. The molecule has 0 unspecified atom stereocenters. The summed E-state index contributed by atoms with van der Waals surface area (Å²) in [6.07, 6.45) is 0.384. The monoisotopic (exact) mass is 264 g/mol. The molecule has 0 aromatic heterocycles. The van der Waals surface area contributed by atoms with E-state index >= 15 is 0 Å². The summed E-state index contributed by atoms with van der Waals surface area (Å²) in [6, 6.07) is 5.07. The number of amides is 1. The molecule has 0 radical (unpaired) electrons. The fraction of sp³-hybridized carbons (Fsp3) is 0.429. The van der Waals surface area contributed by atoms with E-state index in [0.29, 0.717) is 24.3 Å². The van der Waals surface area contributed by atoms with E-state index in [4.69, 9.17) is 4.74 Å². The molecule has 0 atom stereocenters. The quantitative estimate of drug-likeness (QED) is 0.775. The molecule has 0 saturated heterocycles. The van der Waals surface area contributed by atoms with E-state index in [9.17, 15) is 9.59 Å². The Hall–Kier alpha value is -2.04. The highest BCUT2D eigenvalue weighted by atomic mass is 16.5. The lowest BCUT2D eigenvalue weighted by atomic mass is 10.1. The van der Waals surface area contributed by atoms with Gasteiger partial charge in [-0.1, -0.05) is 6.92 Å². The second-order valence-electron chi connectivity index (χ2n) is 3.91. The van der Waals surface area contributed by atoms with Crippen molar-refractivity contribution >= 4 is 23.3 Å². The summed E-state index contributed by atoms with van der Waals surface area (Å²) in [5.74, 6) is -0.488. The Morgan fingerprint density at radius 2 is 1.89 bits per heavy atom. The molecule has 0 heterocycles. The summed E-state index contributed by atoms with van der Waals surface area (Å²) in [5.41, 5.74) is 1.81. The highest BCUT2D eigenvalue weighted by molar-refractivity contribution is 5.97. The van der Waals surface area contributed by atoms with Gasteiger partial charge in [0.05, 0.1) is 23.5 Å². The first-order chi connectivity index (χ1) is 9.12. The number of anilines is 2. The molecule has 1 aromatic rings.